The highest BCUT2D eigenvalue weighted by molar-refractivity contribution is 6.06. The summed E-state index contributed by atoms with van der Waals surface area (Å²) in [6, 6.07) is -0.771. The molecule has 0 bridgehead atoms. The first-order valence-corrected chi connectivity index (χ1v) is 7.75. The van der Waals surface area contributed by atoms with Crippen LogP contribution in [-0.4, -0.2) is 53.1 Å². The molecule has 1 unspecified atom stereocenters. The molecular weight excluding hydrogens is 294 g/mol. The topological polar surface area (TPSA) is 57.7 Å². The molecule has 2 fully saturated rings. The standard InChI is InChI=1S/C15H22F2N2O3/c1-3-8-19(11-9-12(20)18(2)14(11)22)13(21)10-4-6-15(16,17)7-5-10/h10-11H,3-9H2,1-2H3. The van der Waals surface area contributed by atoms with Crippen LogP contribution in [0.5, 0.6) is 0 Å². The summed E-state index contributed by atoms with van der Waals surface area (Å²) in [6.07, 6.45) is 0.329. The van der Waals surface area contributed by atoms with Crippen LogP contribution in [0.4, 0.5) is 8.78 Å². The van der Waals surface area contributed by atoms with Gasteiger partial charge in [-0.05, 0) is 19.3 Å². The van der Waals surface area contributed by atoms with Gasteiger partial charge in [0.1, 0.15) is 6.04 Å². The summed E-state index contributed by atoms with van der Waals surface area (Å²) < 4.78 is 26.5. The minimum atomic E-state index is -2.69. The van der Waals surface area contributed by atoms with Gasteiger partial charge in [0.15, 0.2) is 0 Å². The summed E-state index contributed by atoms with van der Waals surface area (Å²) in [5.41, 5.74) is 0. The van der Waals surface area contributed by atoms with Crippen molar-refractivity contribution in [1.29, 1.82) is 0 Å². The van der Waals surface area contributed by atoms with Crippen LogP contribution >= 0.6 is 0 Å². The van der Waals surface area contributed by atoms with Crippen LogP contribution < -0.4 is 0 Å². The van der Waals surface area contributed by atoms with Gasteiger partial charge in [-0.25, -0.2) is 8.78 Å². The second-order valence-corrected chi connectivity index (χ2v) is 6.17. The molecule has 0 spiro atoms. The number of carbonyl (C=O) groups is 3. The molecular formula is C15H22F2N2O3. The fourth-order valence-corrected chi connectivity index (χ4v) is 3.16. The maximum absolute atomic E-state index is 13.2. The Morgan fingerprint density at radius 2 is 1.91 bits per heavy atom. The lowest BCUT2D eigenvalue weighted by molar-refractivity contribution is -0.148. The number of likely N-dealkylation sites (N-methyl/N-ethyl adjacent to an activating group) is 1. The molecule has 1 saturated heterocycles. The van der Waals surface area contributed by atoms with Gasteiger partial charge in [0.05, 0.1) is 6.42 Å². The molecule has 22 heavy (non-hydrogen) atoms. The number of rotatable bonds is 4. The van der Waals surface area contributed by atoms with Crippen molar-refractivity contribution < 1.29 is 23.2 Å². The van der Waals surface area contributed by atoms with Crippen LogP contribution in [-0.2, 0) is 14.4 Å². The van der Waals surface area contributed by atoms with Crippen LogP contribution in [0.1, 0.15) is 45.4 Å². The third-order valence-corrected chi connectivity index (χ3v) is 4.55. The Morgan fingerprint density at radius 1 is 1.32 bits per heavy atom. The summed E-state index contributed by atoms with van der Waals surface area (Å²) in [7, 11) is 1.40. The van der Waals surface area contributed by atoms with E-state index in [1.165, 1.54) is 11.9 Å². The molecule has 5 nitrogen and oxygen atoms in total. The maximum atomic E-state index is 13.2. The highest BCUT2D eigenvalue weighted by Crippen LogP contribution is 2.37. The van der Waals surface area contributed by atoms with Gasteiger partial charge in [-0.2, -0.15) is 0 Å². The smallest absolute Gasteiger partial charge is 0.252 e. The van der Waals surface area contributed by atoms with E-state index in [0.717, 1.165) is 4.90 Å². The van der Waals surface area contributed by atoms with Crippen LogP contribution in [0.15, 0.2) is 0 Å². The lowest BCUT2D eigenvalue weighted by Crippen LogP contribution is -2.48. The summed E-state index contributed by atoms with van der Waals surface area (Å²) in [4.78, 5) is 38.9. The number of nitrogens with zero attached hydrogens (tertiary/aromatic N) is 2. The van der Waals surface area contributed by atoms with Gasteiger partial charge in [0.2, 0.25) is 17.7 Å². The molecule has 1 aliphatic carbocycles. The van der Waals surface area contributed by atoms with E-state index in [0.29, 0.717) is 13.0 Å². The van der Waals surface area contributed by atoms with E-state index in [-0.39, 0.29) is 49.8 Å². The summed E-state index contributed by atoms with van der Waals surface area (Å²) in [5.74, 6) is -4.11. The van der Waals surface area contributed by atoms with Gasteiger partial charge >= 0.3 is 0 Å². The summed E-state index contributed by atoms with van der Waals surface area (Å²) in [5, 5.41) is 0. The van der Waals surface area contributed by atoms with Crippen molar-refractivity contribution >= 4 is 17.7 Å². The molecule has 2 aliphatic rings. The number of hydrogen-bond donors (Lipinski definition) is 0. The van der Waals surface area contributed by atoms with Crippen LogP contribution in [0.25, 0.3) is 0 Å². The molecule has 0 aromatic heterocycles. The predicted molar refractivity (Wildman–Crippen MR) is 75.1 cm³/mol. The number of alkyl halides is 2. The molecule has 0 aromatic rings. The normalized spacial score (nSPS) is 25.6. The van der Waals surface area contributed by atoms with Crippen LogP contribution in [0.2, 0.25) is 0 Å². The second-order valence-electron chi connectivity index (χ2n) is 6.17. The van der Waals surface area contributed by atoms with Gasteiger partial charge in [-0.3, -0.25) is 19.3 Å². The molecule has 124 valence electrons. The molecule has 0 radical (unpaired) electrons. The molecule has 1 saturated carbocycles. The highest BCUT2D eigenvalue weighted by atomic mass is 19.3. The maximum Gasteiger partial charge on any atom is 0.252 e. The number of imide groups is 1. The Bertz CT molecular complexity index is 471. The number of carbonyl (C=O) groups excluding carboxylic acids is 3. The molecule has 1 heterocycles. The number of halogens is 2. The van der Waals surface area contributed by atoms with E-state index in [4.69, 9.17) is 0 Å². The fraction of sp³-hybridized carbons (Fsp3) is 0.800. The SMILES string of the molecule is CCCN(C(=O)C1CCC(F)(F)CC1)C1CC(=O)N(C)C1=O. The monoisotopic (exact) mass is 316 g/mol. The minimum Gasteiger partial charge on any atom is -0.330 e. The van der Waals surface area contributed by atoms with Crippen molar-refractivity contribution in [1.82, 2.24) is 9.80 Å². The van der Waals surface area contributed by atoms with Crippen LogP contribution in [0.3, 0.4) is 0 Å². The van der Waals surface area contributed by atoms with E-state index >= 15 is 0 Å². The number of amides is 3. The van der Waals surface area contributed by atoms with Crippen molar-refractivity contribution in [3.05, 3.63) is 0 Å². The molecule has 1 atom stereocenters. The summed E-state index contributed by atoms with van der Waals surface area (Å²) >= 11 is 0. The fourth-order valence-electron chi connectivity index (χ4n) is 3.16. The highest BCUT2D eigenvalue weighted by Gasteiger charge is 2.44. The average molecular weight is 316 g/mol. The third-order valence-electron chi connectivity index (χ3n) is 4.55. The molecule has 0 N–H and O–H groups in total. The van der Waals surface area contributed by atoms with E-state index in [9.17, 15) is 23.2 Å². The molecule has 3 amide bonds. The van der Waals surface area contributed by atoms with Gasteiger partial charge in [0, 0.05) is 32.4 Å². The average Bonchev–Trinajstić information content (AvgIpc) is 2.72. The van der Waals surface area contributed by atoms with Crippen molar-refractivity contribution in [2.24, 2.45) is 5.92 Å². The Morgan fingerprint density at radius 3 is 2.36 bits per heavy atom. The zero-order chi connectivity index (χ0) is 16.5. The Balaban J connectivity index is 2.10. The summed E-state index contributed by atoms with van der Waals surface area (Å²) in [6.45, 7) is 2.24. The molecule has 2 rings (SSSR count). The minimum absolute atomic E-state index is 0.00997. The zero-order valence-electron chi connectivity index (χ0n) is 13.0. The largest absolute Gasteiger partial charge is 0.330 e. The third kappa shape index (κ3) is 3.28. The Hall–Kier alpha value is -1.53. The Labute approximate surface area is 128 Å². The van der Waals surface area contributed by atoms with E-state index in [1.54, 1.807) is 0 Å². The first-order chi connectivity index (χ1) is 10.3. The quantitative estimate of drug-likeness (QED) is 0.743. The first kappa shape index (κ1) is 16.8. The number of hydrogen-bond acceptors (Lipinski definition) is 3. The second kappa shape index (κ2) is 6.30. The van der Waals surface area contributed by atoms with Crippen LogP contribution in [0, 0.1) is 5.92 Å². The zero-order valence-corrected chi connectivity index (χ0v) is 13.0. The van der Waals surface area contributed by atoms with Gasteiger partial charge in [-0.1, -0.05) is 6.92 Å². The van der Waals surface area contributed by atoms with Crippen molar-refractivity contribution in [2.75, 3.05) is 13.6 Å². The van der Waals surface area contributed by atoms with Gasteiger partial charge in [0.25, 0.3) is 5.91 Å². The van der Waals surface area contributed by atoms with Crippen molar-refractivity contribution in [2.45, 2.75) is 57.4 Å². The predicted octanol–water partition coefficient (Wildman–Crippen LogP) is 1.81. The van der Waals surface area contributed by atoms with Crippen molar-refractivity contribution in [3.8, 4) is 0 Å². The van der Waals surface area contributed by atoms with Gasteiger partial charge in [-0.15, -0.1) is 0 Å². The van der Waals surface area contributed by atoms with Gasteiger partial charge < -0.3 is 4.90 Å². The first-order valence-electron chi connectivity index (χ1n) is 7.75. The molecule has 0 aromatic carbocycles. The van der Waals surface area contributed by atoms with Crippen molar-refractivity contribution in [3.63, 3.8) is 0 Å². The van der Waals surface area contributed by atoms with E-state index in [1.807, 2.05) is 6.92 Å². The Kier molecular flexibility index (Phi) is 4.82. The van der Waals surface area contributed by atoms with E-state index < -0.39 is 17.9 Å². The molecule has 7 heteroatoms. The number of likely N-dealkylation sites (tertiary alicyclic amines) is 1. The lowest BCUT2D eigenvalue weighted by Gasteiger charge is -2.34. The molecule has 1 aliphatic heterocycles. The lowest BCUT2D eigenvalue weighted by atomic mass is 9.85. The van der Waals surface area contributed by atoms with E-state index in [2.05, 4.69) is 0 Å².